The van der Waals surface area contributed by atoms with E-state index in [1.807, 2.05) is 12.2 Å². The lowest BCUT2D eigenvalue weighted by Crippen LogP contribution is -2.46. The maximum atomic E-state index is 5.50. The van der Waals surface area contributed by atoms with Gasteiger partial charge in [0.15, 0.2) is 0 Å². The van der Waals surface area contributed by atoms with E-state index in [1.165, 1.54) is 0 Å². The van der Waals surface area contributed by atoms with Crippen LogP contribution in [0.5, 0.6) is 0 Å². The van der Waals surface area contributed by atoms with Crippen LogP contribution < -0.4 is 5.73 Å². The van der Waals surface area contributed by atoms with E-state index in [9.17, 15) is 0 Å². The Morgan fingerprint density at radius 3 is 2.38 bits per heavy atom. The van der Waals surface area contributed by atoms with Gasteiger partial charge in [0.05, 0.1) is 26.7 Å². The molecule has 0 fully saturated rings. The SMILES string of the molecule is C=CCC[N+](C)(CC=C)CCCN. The van der Waals surface area contributed by atoms with E-state index in [0.717, 1.165) is 43.5 Å². The monoisotopic (exact) mass is 183 g/mol. The molecule has 0 spiro atoms. The van der Waals surface area contributed by atoms with Crippen molar-refractivity contribution >= 4 is 0 Å². The number of rotatable bonds is 8. The number of nitrogens with zero attached hydrogens (tertiary/aromatic N) is 1. The van der Waals surface area contributed by atoms with Gasteiger partial charge in [-0.1, -0.05) is 12.7 Å². The molecule has 2 nitrogen and oxygen atoms in total. The van der Waals surface area contributed by atoms with Crippen molar-refractivity contribution in [3.8, 4) is 0 Å². The van der Waals surface area contributed by atoms with E-state index >= 15 is 0 Å². The van der Waals surface area contributed by atoms with Gasteiger partial charge in [0.1, 0.15) is 0 Å². The lowest BCUT2D eigenvalue weighted by molar-refractivity contribution is -0.903. The summed E-state index contributed by atoms with van der Waals surface area (Å²) in [5, 5.41) is 0. The molecular weight excluding hydrogens is 160 g/mol. The van der Waals surface area contributed by atoms with E-state index in [2.05, 4.69) is 20.2 Å². The number of quaternary nitrogens is 1. The molecule has 0 rings (SSSR count). The van der Waals surface area contributed by atoms with Gasteiger partial charge in [0, 0.05) is 12.8 Å². The number of hydrogen-bond acceptors (Lipinski definition) is 1. The lowest BCUT2D eigenvalue weighted by Gasteiger charge is -2.33. The van der Waals surface area contributed by atoms with E-state index in [-0.39, 0.29) is 0 Å². The maximum Gasteiger partial charge on any atom is 0.0969 e. The normalized spacial score (nSPS) is 14.9. The van der Waals surface area contributed by atoms with E-state index in [0.29, 0.717) is 0 Å². The summed E-state index contributed by atoms with van der Waals surface area (Å²) < 4.78 is 1.03. The van der Waals surface area contributed by atoms with Crippen molar-refractivity contribution in [2.45, 2.75) is 12.8 Å². The smallest absolute Gasteiger partial charge is 0.0969 e. The summed E-state index contributed by atoms with van der Waals surface area (Å²) in [4.78, 5) is 0. The Morgan fingerprint density at radius 1 is 1.23 bits per heavy atom. The molecule has 0 bridgehead atoms. The van der Waals surface area contributed by atoms with Gasteiger partial charge in [-0.25, -0.2) is 0 Å². The van der Waals surface area contributed by atoms with Crippen LogP contribution in [0.2, 0.25) is 0 Å². The summed E-state index contributed by atoms with van der Waals surface area (Å²) in [6.07, 6.45) is 6.11. The Bertz CT molecular complexity index is 154. The van der Waals surface area contributed by atoms with Gasteiger partial charge in [-0.15, -0.1) is 6.58 Å². The average molecular weight is 183 g/mol. The number of likely N-dealkylation sites (N-methyl/N-ethyl adjacent to an activating group) is 1. The molecule has 0 aromatic heterocycles. The second kappa shape index (κ2) is 6.87. The van der Waals surface area contributed by atoms with Crippen molar-refractivity contribution in [2.75, 3.05) is 33.2 Å². The molecule has 2 heteroatoms. The second-order valence-electron chi connectivity index (χ2n) is 3.76. The van der Waals surface area contributed by atoms with Crippen molar-refractivity contribution in [2.24, 2.45) is 5.73 Å². The summed E-state index contributed by atoms with van der Waals surface area (Å²) in [6.45, 7) is 11.6. The topological polar surface area (TPSA) is 26.0 Å². The van der Waals surface area contributed by atoms with Gasteiger partial charge in [-0.3, -0.25) is 0 Å². The Hall–Kier alpha value is -0.600. The van der Waals surface area contributed by atoms with E-state index < -0.39 is 0 Å². The van der Waals surface area contributed by atoms with Crippen LogP contribution in [0.25, 0.3) is 0 Å². The summed E-state index contributed by atoms with van der Waals surface area (Å²) in [5.41, 5.74) is 5.50. The molecule has 0 radical (unpaired) electrons. The first-order chi connectivity index (χ1) is 6.18. The number of hydrogen-bond donors (Lipinski definition) is 1. The third-order valence-corrected chi connectivity index (χ3v) is 2.35. The molecule has 1 unspecified atom stereocenters. The van der Waals surface area contributed by atoms with Crippen LogP contribution >= 0.6 is 0 Å². The molecule has 0 amide bonds. The first-order valence-electron chi connectivity index (χ1n) is 4.94. The summed E-state index contributed by atoms with van der Waals surface area (Å²) in [6, 6.07) is 0. The predicted octanol–water partition coefficient (Wildman–Crippen LogP) is 1.54. The van der Waals surface area contributed by atoms with Gasteiger partial charge < -0.3 is 10.2 Å². The fraction of sp³-hybridized carbons (Fsp3) is 0.636. The summed E-state index contributed by atoms with van der Waals surface area (Å²) >= 11 is 0. The first kappa shape index (κ1) is 12.4. The Kier molecular flexibility index (Phi) is 6.55. The molecule has 0 aromatic rings. The molecule has 0 aliphatic heterocycles. The van der Waals surface area contributed by atoms with Crippen LogP contribution in [-0.2, 0) is 0 Å². The Morgan fingerprint density at radius 2 is 1.92 bits per heavy atom. The minimum absolute atomic E-state index is 0.777. The first-order valence-corrected chi connectivity index (χ1v) is 4.94. The fourth-order valence-corrected chi connectivity index (χ4v) is 1.48. The highest BCUT2D eigenvalue weighted by molar-refractivity contribution is 4.69. The van der Waals surface area contributed by atoms with Gasteiger partial charge in [0.25, 0.3) is 0 Å². The van der Waals surface area contributed by atoms with E-state index in [1.54, 1.807) is 0 Å². The molecule has 0 aliphatic carbocycles. The Balaban J connectivity index is 3.97. The van der Waals surface area contributed by atoms with Crippen LogP contribution in [0.1, 0.15) is 12.8 Å². The molecule has 1 atom stereocenters. The number of nitrogens with two attached hydrogens (primary N) is 1. The highest BCUT2D eigenvalue weighted by Crippen LogP contribution is 2.05. The maximum absolute atomic E-state index is 5.50. The van der Waals surface area contributed by atoms with Crippen LogP contribution in [-0.4, -0.2) is 37.7 Å². The van der Waals surface area contributed by atoms with Crippen LogP contribution in [0, 0.1) is 0 Å². The minimum atomic E-state index is 0.777. The molecule has 0 heterocycles. The van der Waals surface area contributed by atoms with Gasteiger partial charge in [0.2, 0.25) is 0 Å². The fourth-order valence-electron chi connectivity index (χ4n) is 1.48. The van der Waals surface area contributed by atoms with Crippen molar-refractivity contribution in [3.63, 3.8) is 0 Å². The lowest BCUT2D eigenvalue weighted by atomic mass is 10.2. The largest absolute Gasteiger partial charge is 0.330 e. The molecule has 2 N–H and O–H groups in total. The highest BCUT2D eigenvalue weighted by Gasteiger charge is 2.17. The third kappa shape index (κ3) is 5.61. The summed E-state index contributed by atoms with van der Waals surface area (Å²) in [5.74, 6) is 0. The molecule has 0 aliphatic rings. The zero-order chi connectivity index (χ0) is 10.2. The third-order valence-electron chi connectivity index (χ3n) is 2.35. The predicted molar refractivity (Wildman–Crippen MR) is 59.5 cm³/mol. The minimum Gasteiger partial charge on any atom is -0.330 e. The van der Waals surface area contributed by atoms with Crippen molar-refractivity contribution < 1.29 is 4.48 Å². The molecule has 0 saturated heterocycles. The van der Waals surface area contributed by atoms with Crippen molar-refractivity contribution in [3.05, 3.63) is 25.3 Å². The molecule has 0 saturated carbocycles. The van der Waals surface area contributed by atoms with Gasteiger partial charge in [-0.2, -0.15) is 0 Å². The van der Waals surface area contributed by atoms with Crippen LogP contribution in [0.15, 0.2) is 25.3 Å². The van der Waals surface area contributed by atoms with Gasteiger partial charge in [-0.05, 0) is 12.6 Å². The van der Waals surface area contributed by atoms with Crippen molar-refractivity contribution in [1.82, 2.24) is 0 Å². The standard InChI is InChI=1S/C11H23N2/c1-4-6-10-13(3,9-5-2)11-7-8-12/h4-5H,1-2,6-12H2,3H3/q+1. The molecule has 0 aromatic carbocycles. The molecule has 13 heavy (non-hydrogen) atoms. The molecular formula is C11H23N2+. The Labute approximate surface area is 82.3 Å². The zero-order valence-electron chi connectivity index (χ0n) is 8.84. The summed E-state index contributed by atoms with van der Waals surface area (Å²) in [7, 11) is 2.25. The quantitative estimate of drug-likeness (QED) is 0.448. The van der Waals surface area contributed by atoms with Gasteiger partial charge >= 0.3 is 0 Å². The van der Waals surface area contributed by atoms with Crippen LogP contribution in [0.3, 0.4) is 0 Å². The highest BCUT2D eigenvalue weighted by atomic mass is 15.3. The average Bonchev–Trinajstić information content (AvgIpc) is 2.12. The molecule has 76 valence electrons. The van der Waals surface area contributed by atoms with Crippen LogP contribution in [0.4, 0.5) is 0 Å². The zero-order valence-corrected chi connectivity index (χ0v) is 8.84. The second-order valence-corrected chi connectivity index (χ2v) is 3.76. The van der Waals surface area contributed by atoms with Crippen molar-refractivity contribution in [1.29, 1.82) is 0 Å². The van der Waals surface area contributed by atoms with E-state index in [4.69, 9.17) is 5.73 Å².